The van der Waals surface area contributed by atoms with Crippen molar-refractivity contribution in [1.29, 1.82) is 0 Å². The molecule has 0 aromatic carbocycles. The van der Waals surface area contributed by atoms with Gasteiger partial charge in [-0.3, -0.25) is 4.79 Å². The summed E-state index contributed by atoms with van der Waals surface area (Å²) in [5.41, 5.74) is 6.56. The van der Waals surface area contributed by atoms with Gasteiger partial charge in [0.25, 0.3) is 0 Å². The molecule has 0 aromatic heterocycles. The Morgan fingerprint density at radius 2 is 1.79 bits per heavy atom. The Kier molecular flexibility index (Phi) is 5.43. The summed E-state index contributed by atoms with van der Waals surface area (Å²) in [6.45, 7) is 11.3. The summed E-state index contributed by atoms with van der Waals surface area (Å²) in [5.74, 6) is 0.124. The van der Waals surface area contributed by atoms with Crippen molar-refractivity contribution in [3.63, 3.8) is 0 Å². The van der Waals surface area contributed by atoms with Crippen LogP contribution in [0.5, 0.6) is 0 Å². The first-order valence-corrected chi connectivity index (χ1v) is 7.68. The molecule has 0 aliphatic heterocycles. The lowest BCUT2D eigenvalue weighted by Crippen LogP contribution is -2.47. The van der Waals surface area contributed by atoms with Crippen LogP contribution >= 0.6 is 0 Å². The Morgan fingerprint density at radius 1 is 1.26 bits per heavy atom. The van der Waals surface area contributed by atoms with Crippen LogP contribution in [-0.4, -0.2) is 18.0 Å². The molecule has 0 aromatic rings. The number of hydrogen-bond acceptors (Lipinski definition) is 2. The van der Waals surface area contributed by atoms with Crippen molar-refractivity contribution in [2.75, 3.05) is 0 Å². The molecule has 0 heterocycles. The van der Waals surface area contributed by atoms with Crippen LogP contribution in [-0.2, 0) is 4.79 Å². The van der Waals surface area contributed by atoms with E-state index >= 15 is 0 Å². The zero-order valence-electron chi connectivity index (χ0n) is 13.4. The van der Waals surface area contributed by atoms with Gasteiger partial charge in [-0.25, -0.2) is 0 Å². The third-order valence-electron chi connectivity index (χ3n) is 4.03. The van der Waals surface area contributed by atoms with Crippen LogP contribution in [0.25, 0.3) is 0 Å². The maximum Gasteiger partial charge on any atom is 0.221 e. The largest absolute Gasteiger partial charge is 0.353 e. The predicted molar refractivity (Wildman–Crippen MR) is 80.8 cm³/mol. The van der Waals surface area contributed by atoms with Crippen molar-refractivity contribution in [2.24, 2.45) is 16.6 Å². The van der Waals surface area contributed by atoms with E-state index in [1.54, 1.807) is 0 Å². The van der Waals surface area contributed by atoms with E-state index in [1.807, 2.05) is 0 Å². The first kappa shape index (κ1) is 16.5. The monoisotopic (exact) mass is 268 g/mol. The quantitative estimate of drug-likeness (QED) is 0.804. The number of hydrogen-bond donors (Lipinski definition) is 2. The molecule has 1 aliphatic carbocycles. The number of nitrogens with one attached hydrogen (secondary N) is 1. The molecule has 1 saturated carbocycles. The third kappa shape index (κ3) is 5.94. The first-order valence-electron chi connectivity index (χ1n) is 7.68. The molecule has 3 N–H and O–H groups in total. The molecule has 1 unspecified atom stereocenters. The average Bonchev–Trinajstić information content (AvgIpc) is 2.10. The molecule has 0 bridgehead atoms. The van der Waals surface area contributed by atoms with E-state index in [0.29, 0.717) is 23.3 Å². The van der Waals surface area contributed by atoms with Crippen molar-refractivity contribution < 1.29 is 4.79 Å². The van der Waals surface area contributed by atoms with E-state index in [1.165, 1.54) is 6.42 Å². The molecule has 3 nitrogen and oxygen atoms in total. The molecule has 19 heavy (non-hydrogen) atoms. The minimum absolute atomic E-state index is 0.00890. The van der Waals surface area contributed by atoms with Gasteiger partial charge in [-0.05, 0) is 36.5 Å². The second kappa shape index (κ2) is 6.25. The second-order valence-corrected chi connectivity index (χ2v) is 7.93. The Balaban J connectivity index is 2.49. The van der Waals surface area contributed by atoms with Gasteiger partial charge in [-0.2, -0.15) is 0 Å². The van der Waals surface area contributed by atoms with Crippen LogP contribution in [0.15, 0.2) is 0 Å². The fourth-order valence-electron chi connectivity index (χ4n) is 3.95. The van der Waals surface area contributed by atoms with Crippen LogP contribution < -0.4 is 11.1 Å². The van der Waals surface area contributed by atoms with E-state index in [-0.39, 0.29) is 11.9 Å². The van der Waals surface area contributed by atoms with Gasteiger partial charge in [0.1, 0.15) is 0 Å². The van der Waals surface area contributed by atoms with Crippen LogP contribution in [0.3, 0.4) is 0 Å². The Bertz CT molecular complexity index is 294. The van der Waals surface area contributed by atoms with Gasteiger partial charge in [0.05, 0.1) is 0 Å². The summed E-state index contributed by atoms with van der Waals surface area (Å²) in [6, 6.07) is 0.315. The van der Waals surface area contributed by atoms with Gasteiger partial charge in [0, 0.05) is 18.5 Å². The zero-order chi connectivity index (χ0) is 14.7. The molecule has 0 radical (unpaired) electrons. The lowest BCUT2D eigenvalue weighted by atomic mass is 9.63. The molecule has 1 fully saturated rings. The van der Waals surface area contributed by atoms with Crippen LogP contribution in [0.2, 0.25) is 0 Å². The minimum atomic E-state index is 0.00890. The van der Waals surface area contributed by atoms with Gasteiger partial charge in [0.15, 0.2) is 0 Å². The summed E-state index contributed by atoms with van der Waals surface area (Å²) in [7, 11) is 0. The lowest BCUT2D eigenvalue weighted by molar-refractivity contribution is -0.123. The molecule has 0 saturated heterocycles. The standard InChI is InChI=1S/C16H32N2O/c1-6-7-12(17)8-14(19)18-13-9-15(2,3)11-16(4,5)10-13/h12-13H,6-11,17H2,1-5H3,(H,18,19). The van der Waals surface area contributed by atoms with Gasteiger partial charge < -0.3 is 11.1 Å². The number of carbonyl (C=O) groups excluding carboxylic acids is 1. The first-order chi connectivity index (χ1) is 8.63. The topological polar surface area (TPSA) is 55.1 Å². The molecular weight excluding hydrogens is 236 g/mol. The van der Waals surface area contributed by atoms with Crippen LogP contribution in [0.1, 0.15) is 73.1 Å². The SMILES string of the molecule is CCCC(N)CC(=O)NC1CC(C)(C)CC(C)(C)C1. The maximum absolute atomic E-state index is 12.0. The molecule has 1 rings (SSSR count). The molecule has 3 heteroatoms. The second-order valence-electron chi connectivity index (χ2n) is 7.93. The molecule has 1 atom stereocenters. The molecule has 1 amide bonds. The van der Waals surface area contributed by atoms with Gasteiger partial charge in [0.2, 0.25) is 5.91 Å². The number of rotatable bonds is 5. The Morgan fingerprint density at radius 3 is 2.26 bits per heavy atom. The summed E-state index contributed by atoms with van der Waals surface area (Å²) in [5, 5.41) is 3.20. The van der Waals surface area contributed by atoms with Gasteiger partial charge in [-0.15, -0.1) is 0 Å². The van der Waals surface area contributed by atoms with Gasteiger partial charge >= 0.3 is 0 Å². The molecule has 112 valence electrons. The van der Waals surface area contributed by atoms with Crippen molar-refractivity contribution in [3.05, 3.63) is 0 Å². The average molecular weight is 268 g/mol. The Labute approximate surface area is 118 Å². The summed E-state index contributed by atoms with van der Waals surface area (Å²) in [4.78, 5) is 12.0. The van der Waals surface area contributed by atoms with E-state index in [2.05, 4.69) is 39.9 Å². The van der Waals surface area contributed by atoms with E-state index in [9.17, 15) is 4.79 Å². The van der Waals surface area contributed by atoms with Crippen molar-refractivity contribution in [3.8, 4) is 0 Å². The Hall–Kier alpha value is -0.570. The fourth-order valence-corrected chi connectivity index (χ4v) is 3.95. The third-order valence-corrected chi connectivity index (χ3v) is 4.03. The number of nitrogens with two attached hydrogens (primary N) is 1. The van der Waals surface area contributed by atoms with Crippen LogP contribution in [0.4, 0.5) is 0 Å². The zero-order valence-corrected chi connectivity index (χ0v) is 13.4. The predicted octanol–water partition coefficient (Wildman–Crippen LogP) is 3.23. The van der Waals surface area contributed by atoms with Gasteiger partial charge in [-0.1, -0.05) is 41.0 Å². The smallest absolute Gasteiger partial charge is 0.221 e. The van der Waals surface area contributed by atoms with Crippen molar-refractivity contribution in [2.45, 2.75) is 85.2 Å². The van der Waals surface area contributed by atoms with E-state index in [0.717, 1.165) is 25.7 Å². The summed E-state index contributed by atoms with van der Waals surface area (Å²) < 4.78 is 0. The van der Waals surface area contributed by atoms with Crippen molar-refractivity contribution >= 4 is 5.91 Å². The highest BCUT2D eigenvalue weighted by molar-refractivity contribution is 5.76. The van der Waals surface area contributed by atoms with E-state index < -0.39 is 0 Å². The fraction of sp³-hybridized carbons (Fsp3) is 0.938. The summed E-state index contributed by atoms with van der Waals surface area (Å²) in [6.07, 6.45) is 5.80. The van der Waals surface area contributed by atoms with Crippen molar-refractivity contribution in [1.82, 2.24) is 5.32 Å². The highest BCUT2D eigenvalue weighted by Crippen LogP contribution is 2.45. The summed E-state index contributed by atoms with van der Waals surface area (Å²) >= 11 is 0. The maximum atomic E-state index is 12.0. The number of amides is 1. The molecule has 1 aliphatic rings. The normalized spacial score (nSPS) is 23.9. The minimum Gasteiger partial charge on any atom is -0.353 e. The van der Waals surface area contributed by atoms with E-state index in [4.69, 9.17) is 5.73 Å². The molecular formula is C16H32N2O. The lowest BCUT2D eigenvalue weighted by Gasteiger charge is -2.45. The highest BCUT2D eigenvalue weighted by atomic mass is 16.1. The van der Waals surface area contributed by atoms with Crippen LogP contribution in [0, 0.1) is 10.8 Å². The highest BCUT2D eigenvalue weighted by Gasteiger charge is 2.38. The molecule has 0 spiro atoms. The number of carbonyl (C=O) groups is 1.